The molecule has 0 aliphatic carbocycles. The average Bonchev–Trinajstić information content (AvgIpc) is 3.06. The molecule has 0 aromatic carbocycles. The summed E-state index contributed by atoms with van der Waals surface area (Å²) >= 11 is 0. The quantitative estimate of drug-likeness (QED) is 0.749. The molecule has 0 N–H and O–H groups in total. The Hall–Kier alpha value is -2.46. The third-order valence-electron chi connectivity index (χ3n) is 5.19. The minimum Gasteiger partial charge on any atom is -0.383 e. The number of nitriles is 1. The van der Waals surface area contributed by atoms with E-state index in [1.807, 2.05) is 17.0 Å². The van der Waals surface area contributed by atoms with Crippen molar-refractivity contribution in [1.82, 2.24) is 19.4 Å². The van der Waals surface area contributed by atoms with Gasteiger partial charge in [0.15, 0.2) is 5.65 Å². The third kappa shape index (κ3) is 4.45. The highest BCUT2D eigenvalue weighted by molar-refractivity contribution is 5.76. The molecular weight excluding hydrogens is 342 g/mol. The number of aromatic nitrogens is 3. The fourth-order valence-corrected chi connectivity index (χ4v) is 3.75. The van der Waals surface area contributed by atoms with E-state index in [0.29, 0.717) is 26.1 Å². The lowest BCUT2D eigenvalue weighted by molar-refractivity contribution is -0.132. The number of rotatable bonds is 7. The Morgan fingerprint density at radius 2 is 2.22 bits per heavy atom. The fraction of sp³-hybridized carbons (Fsp3) is 0.600. The van der Waals surface area contributed by atoms with Crippen molar-refractivity contribution in [3.05, 3.63) is 24.2 Å². The number of piperidine rings is 1. The van der Waals surface area contributed by atoms with Crippen LogP contribution in [0.1, 0.15) is 44.5 Å². The van der Waals surface area contributed by atoms with Crippen molar-refractivity contribution in [2.75, 3.05) is 26.8 Å². The van der Waals surface area contributed by atoms with Crippen LogP contribution in [0.5, 0.6) is 0 Å². The van der Waals surface area contributed by atoms with Crippen molar-refractivity contribution in [2.45, 2.75) is 45.1 Å². The minimum atomic E-state index is 0.101. The molecule has 0 spiro atoms. The van der Waals surface area contributed by atoms with E-state index < -0.39 is 0 Å². The third-order valence-corrected chi connectivity index (χ3v) is 5.19. The molecular formula is C20H27N5O2. The van der Waals surface area contributed by atoms with Gasteiger partial charge >= 0.3 is 0 Å². The number of fused-ring (bicyclic) bond motifs is 1. The van der Waals surface area contributed by atoms with Crippen LogP contribution in [0.4, 0.5) is 0 Å². The lowest BCUT2D eigenvalue weighted by Gasteiger charge is -2.29. The Labute approximate surface area is 160 Å². The summed E-state index contributed by atoms with van der Waals surface area (Å²) in [6, 6.07) is 6.29. The number of hydrogen-bond acceptors (Lipinski definition) is 5. The van der Waals surface area contributed by atoms with E-state index in [9.17, 15) is 4.79 Å². The Bertz CT molecular complexity index is 817. The number of carbonyl (C=O) groups is 1. The Morgan fingerprint density at radius 3 is 2.93 bits per heavy atom. The van der Waals surface area contributed by atoms with Crippen LogP contribution in [0.2, 0.25) is 0 Å². The van der Waals surface area contributed by atoms with Crippen LogP contribution in [0, 0.1) is 17.2 Å². The van der Waals surface area contributed by atoms with Crippen molar-refractivity contribution in [3.63, 3.8) is 0 Å². The summed E-state index contributed by atoms with van der Waals surface area (Å²) < 4.78 is 7.44. The Morgan fingerprint density at radius 1 is 1.44 bits per heavy atom. The molecule has 3 rings (SSSR count). The van der Waals surface area contributed by atoms with Gasteiger partial charge in [-0.15, -0.1) is 0 Å². The summed E-state index contributed by atoms with van der Waals surface area (Å²) in [5.41, 5.74) is 1.74. The predicted molar refractivity (Wildman–Crippen MR) is 102 cm³/mol. The molecule has 7 heteroatoms. The molecule has 1 fully saturated rings. The largest absolute Gasteiger partial charge is 0.383 e. The lowest BCUT2D eigenvalue weighted by atomic mass is 9.98. The topological polar surface area (TPSA) is 84.0 Å². The molecule has 1 aliphatic rings. The predicted octanol–water partition coefficient (Wildman–Crippen LogP) is 2.72. The van der Waals surface area contributed by atoms with Gasteiger partial charge in [-0.25, -0.2) is 9.97 Å². The fourth-order valence-electron chi connectivity index (χ4n) is 3.75. The molecule has 0 radical (unpaired) electrons. The second kappa shape index (κ2) is 8.96. The first-order valence-corrected chi connectivity index (χ1v) is 9.62. The smallest absolute Gasteiger partial charge is 0.222 e. The molecule has 1 atom stereocenters. The van der Waals surface area contributed by atoms with Gasteiger partial charge in [-0.1, -0.05) is 0 Å². The van der Waals surface area contributed by atoms with Crippen LogP contribution >= 0.6 is 0 Å². The van der Waals surface area contributed by atoms with Gasteiger partial charge in [0.2, 0.25) is 5.91 Å². The number of imidazole rings is 1. The van der Waals surface area contributed by atoms with Crippen LogP contribution in [-0.4, -0.2) is 52.1 Å². The molecule has 7 nitrogen and oxygen atoms in total. The zero-order chi connectivity index (χ0) is 19.2. The molecule has 27 heavy (non-hydrogen) atoms. The lowest BCUT2D eigenvalue weighted by Crippen LogP contribution is -2.38. The van der Waals surface area contributed by atoms with Crippen LogP contribution in [-0.2, 0) is 16.0 Å². The van der Waals surface area contributed by atoms with Gasteiger partial charge < -0.3 is 14.2 Å². The van der Waals surface area contributed by atoms with Gasteiger partial charge in [0.25, 0.3) is 0 Å². The van der Waals surface area contributed by atoms with Crippen LogP contribution in [0.15, 0.2) is 18.3 Å². The van der Waals surface area contributed by atoms with E-state index in [-0.39, 0.29) is 17.9 Å². The first-order valence-electron chi connectivity index (χ1n) is 9.62. The molecule has 0 bridgehead atoms. The van der Waals surface area contributed by atoms with Crippen molar-refractivity contribution in [1.29, 1.82) is 5.26 Å². The first-order chi connectivity index (χ1) is 13.1. The first kappa shape index (κ1) is 19.3. The number of hydrogen-bond donors (Lipinski definition) is 0. The molecule has 3 heterocycles. The second-order valence-corrected chi connectivity index (χ2v) is 7.19. The van der Waals surface area contributed by atoms with Crippen molar-refractivity contribution in [2.24, 2.45) is 5.92 Å². The Kier molecular flexibility index (Phi) is 6.40. The maximum absolute atomic E-state index is 12.5. The van der Waals surface area contributed by atoms with Crippen LogP contribution in [0.3, 0.4) is 0 Å². The molecule has 0 unspecified atom stereocenters. The average molecular weight is 369 g/mol. The number of amides is 1. The summed E-state index contributed by atoms with van der Waals surface area (Å²) in [7, 11) is 1.69. The van der Waals surface area contributed by atoms with Crippen molar-refractivity contribution >= 4 is 17.1 Å². The van der Waals surface area contributed by atoms with E-state index >= 15 is 0 Å². The summed E-state index contributed by atoms with van der Waals surface area (Å²) in [6.45, 7) is 4.07. The number of likely N-dealkylation sites (tertiary alicyclic amines) is 1. The van der Waals surface area contributed by atoms with Crippen molar-refractivity contribution in [3.8, 4) is 6.07 Å². The SMILES string of the molecule is COC[C@@H](C)n1c(CCCC(=O)N2CCC(C#N)CC2)nc2cccnc21. The number of carbonyl (C=O) groups excluding carboxylic acids is 1. The molecule has 1 saturated heterocycles. The van der Waals surface area contributed by atoms with Gasteiger partial charge in [-0.05, 0) is 38.3 Å². The van der Waals surface area contributed by atoms with Crippen molar-refractivity contribution < 1.29 is 9.53 Å². The van der Waals surface area contributed by atoms with Gasteiger partial charge in [-0.2, -0.15) is 5.26 Å². The Balaban J connectivity index is 1.62. The highest BCUT2D eigenvalue weighted by Crippen LogP contribution is 2.22. The minimum absolute atomic E-state index is 0.101. The highest BCUT2D eigenvalue weighted by Gasteiger charge is 2.22. The molecule has 2 aromatic rings. The zero-order valence-corrected chi connectivity index (χ0v) is 16.1. The molecule has 144 valence electrons. The van der Waals surface area contributed by atoms with Gasteiger partial charge in [0.05, 0.1) is 18.7 Å². The second-order valence-electron chi connectivity index (χ2n) is 7.19. The molecule has 1 aliphatic heterocycles. The van der Waals surface area contributed by atoms with Crippen LogP contribution in [0.25, 0.3) is 11.2 Å². The van der Waals surface area contributed by atoms with E-state index in [1.54, 1.807) is 13.3 Å². The van der Waals surface area contributed by atoms with E-state index in [0.717, 1.165) is 42.7 Å². The van der Waals surface area contributed by atoms with Gasteiger partial charge in [0.1, 0.15) is 11.3 Å². The number of aryl methyl sites for hydroxylation is 1. The molecule has 0 saturated carbocycles. The molecule has 1 amide bonds. The van der Waals surface area contributed by atoms with Gasteiger partial charge in [-0.3, -0.25) is 4.79 Å². The number of pyridine rings is 1. The maximum Gasteiger partial charge on any atom is 0.222 e. The summed E-state index contributed by atoms with van der Waals surface area (Å²) in [5, 5.41) is 8.98. The summed E-state index contributed by atoms with van der Waals surface area (Å²) in [6.07, 6.45) is 5.34. The van der Waals surface area contributed by atoms with E-state index in [4.69, 9.17) is 15.0 Å². The van der Waals surface area contributed by atoms with Gasteiger partial charge in [0, 0.05) is 45.2 Å². The maximum atomic E-state index is 12.5. The standard InChI is InChI=1S/C20H27N5O2/c1-15(14-27-2)25-18(23-17-5-4-10-22-20(17)25)6-3-7-19(26)24-11-8-16(13-21)9-12-24/h4-5,10,15-16H,3,6-9,11-12,14H2,1-2H3/t15-/m1/s1. The van der Waals surface area contributed by atoms with E-state index in [1.165, 1.54) is 0 Å². The zero-order valence-electron chi connectivity index (χ0n) is 16.1. The number of ether oxygens (including phenoxy) is 1. The summed E-state index contributed by atoms with van der Waals surface area (Å²) in [4.78, 5) is 23.6. The molecule has 2 aromatic heterocycles. The normalized spacial score (nSPS) is 16.4. The van der Waals surface area contributed by atoms with Crippen LogP contribution < -0.4 is 0 Å². The summed E-state index contributed by atoms with van der Waals surface area (Å²) in [5.74, 6) is 1.23. The monoisotopic (exact) mass is 369 g/mol. The number of methoxy groups -OCH3 is 1. The number of nitrogens with zero attached hydrogens (tertiary/aromatic N) is 5. The highest BCUT2D eigenvalue weighted by atomic mass is 16.5. The van der Waals surface area contributed by atoms with E-state index in [2.05, 4.69) is 22.5 Å².